The molecule has 17 heteroatoms. The van der Waals surface area contributed by atoms with E-state index in [1.807, 2.05) is 6.92 Å². The Bertz CT molecular complexity index is 1770. The number of thiophene rings is 1. The van der Waals surface area contributed by atoms with Crippen LogP contribution in [0.15, 0.2) is 18.5 Å². The van der Waals surface area contributed by atoms with Gasteiger partial charge in [-0.3, -0.25) is 24.0 Å². The van der Waals surface area contributed by atoms with Crippen molar-refractivity contribution in [3.63, 3.8) is 0 Å². The molecular weight excluding hydrogens is 668 g/mol. The molecule has 0 aliphatic heterocycles. The number of anilines is 1. The molecule has 3 aromatic heterocycles. The van der Waals surface area contributed by atoms with E-state index in [4.69, 9.17) is 31.3 Å². The van der Waals surface area contributed by atoms with Crippen molar-refractivity contribution in [1.82, 2.24) is 24.8 Å². The van der Waals surface area contributed by atoms with Gasteiger partial charge >= 0.3 is 23.9 Å². The molecule has 3 aromatic rings. The SMILES string of the molecule is CCCNc1nc(C#Cc2ccc(Cl)s2)nc2c1ncn2[C@@H]1C[C@](CC)(C(=O)NC)[C@@H](OC(=O)CCC(=O)O)[C@H]1OC(=O)CCC(=O)O. The van der Waals surface area contributed by atoms with Crippen molar-refractivity contribution in [2.75, 3.05) is 18.9 Å². The van der Waals surface area contributed by atoms with E-state index < -0.39 is 79.1 Å². The minimum Gasteiger partial charge on any atom is -0.481 e. The number of carboxylic acids is 2. The van der Waals surface area contributed by atoms with Crippen LogP contribution < -0.4 is 10.6 Å². The lowest BCUT2D eigenvalue weighted by Gasteiger charge is -2.33. The van der Waals surface area contributed by atoms with E-state index in [2.05, 4.69) is 37.4 Å². The zero-order valence-electron chi connectivity index (χ0n) is 26.4. The first-order chi connectivity index (χ1) is 22.9. The summed E-state index contributed by atoms with van der Waals surface area (Å²) in [6.07, 6.45) is -2.36. The monoisotopic (exact) mass is 702 g/mol. The number of aliphatic carboxylic acids is 2. The largest absolute Gasteiger partial charge is 0.481 e. The van der Waals surface area contributed by atoms with Crippen LogP contribution in [-0.4, -0.2) is 85.3 Å². The molecule has 1 saturated carbocycles. The fourth-order valence-electron chi connectivity index (χ4n) is 5.59. The summed E-state index contributed by atoms with van der Waals surface area (Å²) in [7, 11) is 1.42. The van der Waals surface area contributed by atoms with E-state index in [1.165, 1.54) is 24.7 Å². The Morgan fingerprint density at radius 2 is 1.73 bits per heavy atom. The predicted octanol–water partition coefficient (Wildman–Crippen LogP) is 3.40. The number of fused-ring (bicyclic) bond motifs is 1. The van der Waals surface area contributed by atoms with Crippen LogP contribution in [0.3, 0.4) is 0 Å². The molecule has 0 radical (unpaired) electrons. The molecule has 0 unspecified atom stereocenters. The molecule has 256 valence electrons. The second kappa shape index (κ2) is 15.9. The maximum atomic E-state index is 13.6. The van der Waals surface area contributed by atoms with Gasteiger partial charge in [-0.1, -0.05) is 25.4 Å². The normalized spacial score (nSPS) is 20.0. The van der Waals surface area contributed by atoms with Crippen molar-refractivity contribution in [2.45, 2.75) is 77.0 Å². The van der Waals surface area contributed by atoms with Crippen molar-refractivity contribution >= 4 is 69.7 Å². The van der Waals surface area contributed by atoms with E-state index >= 15 is 0 Å². The molecule has 0 aromatic carbocycles. The quantitative estimate of drug-likeness (QED) is 0.140. The predicted molar refractivity (Wildman–Crippen MR) is 173 cm³/mol. The van der Waals surface area contributed by atoms with E-state index in [9.17, 15) is 24.0 Å². The Morgan fingerprint density at radius 1 is 1.04 bits per heavy atom. The first kappa shape index (κ1) is 36.1. The van der Waals surface area contributed by atoms with Crippen LogP contribution in [0.4, 0.5) is 5.82 Å². The van der Waals surface area contributed by atoms with Gasteiger partial charge in [0.25, 0.3) is 0 Å². The molecule has 1 fully saturated rings. The summed E-state index contributed by atoms with van der Waals surface area (Å²) in [6, 6.07) is 2.59. The maximum Gasteiger partial charge on any atom is 0.306 e. The Morgan fingerprint density at radius 3 is 2.31 bits per heavy atom. The van der Waals surface area contributed by atoms with E-state index in [-0.39, 0.29) is 24.3 Å². The molecule has 15 nitrogen and oxygen atoms in total. The number of hydrogen-bond donors (Lipinski definition) is 4. The third kappa shape index (κ3) is 8.20. The summed E-state index contributed by atoms with van der Waals surface area (Å²) in [6.45, 7) is 4.25. The summed E-state index contributed by atoms with van der Waals surface area (Å²) in [4.78, 5) is 76.4. The zero-order valence-corrected chi connectivity index (χ0v) is 28.0. The summed E-state index contributed by atoms with van der Waals surface area (Å²) in [5.41, 5.74) is -0.786. The average molecular weight is 703 g/mol. The van der Waals surface area contributed by atoms with Crippen molar-refractivity contribution in [1.29, 1.82) is 0 Å². The molecule has 0 bridgehead atoms. The highest BCUT2D eigenvalue weighted by Crippen LogP contribution is 2.51. The number of amides is 1. The van der Waals surface area contributed by atoms with E-state index in [1.54, 1.807) is 23.6 Å². The average Bonchev–Trinajstić information content (AvgIpc) is 3.76. The molecule has 1 amide bonds. The molecule has 1 aliphatic rings. The molecule has 48 heavy (non-hydrogen) atoms. The fourth-order valence-corrected chi connectivity index (χ4v) is 6.48. The van der Waals surface area contributed by atoms with Crippen LogP contribution in [0.1, 0.15) is 75.5 Å². The lowest BCUT2D eigenvalue weighted by molar-refractivity contribution is -0.177. The second-order valence-electron chi connectivity index (χ2n) is 11.0. The number of halogens is 1. The third-order valence-corrected chi connectivity index (χ3v) is 9.06. The number of carbonyl (C=O) groups excluding carboxylic acids is 3. The summed E-state index contributed by atoms with van der Waals surface area (Å²) >= 11 is 7.34. The van der Waals surface area contributed by atoms with Gasteiger partial charge in [0.1, 0.15) is 0 Å². The number of carboxylic acid groups (broad SMARTS) is 2. The van der Waals surface area contributed by atoms with Gasteiger partial charge in [0.05, 0.1) is 52.7 Å². The van der Waals surface area contributed by atoms with Gasteiger partial charge in [0.15, 0.2) is 29.2 Å². The highest BCUT2D eigenvalue weighted by molar-refractivity contribution is 7.16. The fraction of sp³-hybridized carbons (Fsp3) is 0.484. The van der Waals surface area contributed by atoms with Crippen molar-refractivity contribution in [3.8, 4) is 11.8 Å². The van der Waals surface area contributed by atoms with Crippen LogP contribution in [-0.2, 0) is 33.4 Å². The van der Waals surface area contributed by atoms with E-state index in [0.29, 0.717) is 27.1 Å². The van der Waals surface area contributed by atoms with Gasteiger partial charge in [0.2, 0.25) is 11.7 Å². The molecule has 4 rings (SSSR count). The number of nitrogens with one attached hydrogen (secondary N) is 2. The second-order valence-corrected chi connectivity index (χ2v) is 12.7. The van der Waals surface area contributed by atoms with E-state index in [0.717, 1.165) is 6.42 Å². The Balaban J connectivity index is 1.87. The Kier molecular flexibility index (Phi) is 12.0. The number of imidazole rings is 1. The maximum absolute atomic E-state index is 13.6. The third-order valence-electron chi connectivity index (χ3n) is 7.91. The molecule has 0 saturated heterocycles. The van der Waals surface area contributed by atoms with Crippen LogP contribution in [0.25, 0.3) is 11.2 Å². The Hall–Kier alpha value is -4.75. The number of nitrogens with zero attached hydrogens (tertiary/aromatic N) is 4. The minimum absolute atomic E-state index is 0.0151. The number of ether oxygens (including phenoxy) is 2. The standard InChI is InChI=1S/C31H35ClN6O9S/c1-4-14-34-28-25-29(37-20(36-28)9-7-17-6-8-19(32)48-17)38(16-35-25)18-15-31(5-2,30(45)33-3)27(47-24(44)13-11-22(41)42)26(18)46-23(43)12-10-21(39)40/h6,8,16,18,26-27H,4-5,10-15H2,1-3H3,(H,33,45)(H,39,40)(H,41,42)(H,34,36,37)/t18-,26+,27+,31+/m1/s1. The molecule has 0 spiro atoms. The smallest absolute Gasteiger partial charge is 0.306 e. The van der Waals surface area contributed by atoms with Crippen LogP contribution in [0, 0.1) is 17.3 Å². The van der Waals surface area contributed by atoms with Crippen LogP contribution in [0.2, 0.25) is 4.34 Å². The molecule has 3 heterocycles. The van der Waals surface area contributed by atoms with Gasteiger partial charge in [-0.15, -0.1) is 11.3 Å². The summed E-state index contributed by atoms with van der Waals surface area (Å²) < 4.78 is 13.8. The lowest BCUT2D eigenvalue weighted by atomic mass is 9.79. The first-order valence-corrected chi connectivity index (χ1v) is 16.4. The number of hydrogen-bond acceptors (Lipinski definition) is 12. The number of carbonyl (C=O) groups is 5. The zero-order chi connectivity index (χ0) is 35.0. The van der Waals surface area contributed by atoms with Gasteiger partial charge in [-0.25, -0.2) is 15.0 Å². The lowest BCUT2D eigenvalue weighted by Crippen LogP contribution is -2.50. The molecular formula is C31H35ClN6O9S. The van der Waals surface area contributed by atoms with Gasteiger partial charge in [-0.2, -0.15) is 0 Å². The minimum atomic E-state index is -1.44. The van der Waals surface area contributed by atoms with Crippen molar-refractivity contribution in [2.24, 2.45) is 5.41 Å². The van der Waals surface area contributed by atoms with Crippen molar-refractivity contribution in [3.05, 3.63) is 33.5 Å². The van der Waals surface area contributed by atoms with Gasteiger partial charge in [-0.05, 0) is 43.2 Å². The number of rotatable bonds is 14. The Labute approximate surface area is 284 Å². The molecule has 4 atom stereocenters. The summed E-state index contributed by atoms with van der Waals surface area (Å²) in [5, 5.41) is 24.1. The number of aromatic nitrogens is 4. The van der Waals surface area contributed by atoms with Crippen LogP contribution >= 0.6 is 22.9 Å². The first-order valence-electron chi connectivity index (χ1n) is 15.2. The van der Waals surface area contributed by atoms with Gasteiger partial charge in [0, 0.05) is 13.6 Å². The highest BCUT2D eigenvalue weighted by atomic mass is 35.5. The highest BCUT2D eigenvalue weighted by Gasteiger charge is 2.61. The van der Waals surface area contributed by atoms with Crippen molar-refractivity contribution < 1.29 is 43.7 Å². The topological polar surface area (TPSA) is 212 Å². The van der Waals surface area contributed by atoms with Gasteiger partial charge < -0.3 is 34.9 Å². The summed E-state index contributed by atoms with van der Waals surface area (Å²) in [5.74, 6) is 1.74. The number of esters is 2. The van der Waals surface area contributed by atoms with Crippen LogP contribution in [0.5, 0.6) is 0 Å². The molecule has 1 aliphatic carbocycles. The molecule has 4 N–H and O–H groups in total.